The molecule has 0 aliphatic heterocycles. The van der Waals surface area contributed by atoms with Crippen LogP contribution in [0.4, 0.5) is 0 Å². The van der Waals surface area contributed by atoms with E-state index in [4.69, 9.17) is 5.11 Å². The van der Waals surface area contributed by atoms with Crippen LogP contribution in [0.1, 0.15) is 11.8 Å². The molecule has 0 aromatic carbocycles. The third-order valence-corrected chi connectivity index (χ3v) is 3.14. The van der Waals surface area contributed by atoms with Crippen molar-refractivity contribution in [1.29, 1.82) is 0 Å². The zero-order valence-corrected chi connectivity index (χ0v) is 9.48. The predicted octanol–water partition coefficient (Wildman–Crippen LogP) is 1.51. The number of carbonyl (C=O) groups excluding carboxylic acids is 1. The smallest absolute Gasteiger partial charge is 0.248 e. The van der Waals surface area contributed by atoms with Crippen LogP contribution >= 0.6 is 27.3 Å². The van der Waals surface area contributed by atoms with Crippen LogP contribution in [0.15, 0.2) is 15.9 Å². The van der Waals surface area contributed by atoms with Gasteiger partial charge in [0.25, 0.3) is 0 Å². The number of aliphatic hydroxyl groups excluding tert-OH is 1. The van der Waals surface area contributed by atoms with E-state index in [0.29, 0.717) is 6.54 Å². The van der Waals surface area contributed by atoms with Crippen molar-refractivity contribution in [2.24, 2.45) is 0 Å². The highest BCUT2D eigenvalue weighted by atomic mass is 79.9. The van der Waals surface area contributed by atoms with Gasteiger partial charge in [0.2, 0.25) is 5.91 Å². The zero-order valence-electron chi connectivity index (χ0n) is 7.08. The third-order valence-electron chi connectivity index (χ3n) is 1.44. The van der Waals surface area contributed by atoms with Crippen LogP contribution in [0.2, 0.25) is 0 Å². The van der Waals surface area contributed by atoms with Crippen molar-refractivity contribution in [3.05, 3.63) is 20.8 Å². The second kappa shape index (κ2) is 4.74. The van der Waals surface area contributed by atoms with E-state index in [1.165, 1.54) is 6.92 Å². The van der Waals surface area contributed by atoms with E-state index < -0.39 is 6.10 Å². The number of amides is 1. The van der Waals surface area contributed by atoms with Crippen LogP contribution < -0.4 is 5.32 Å². The maximum absolute atomic E-state index is 11.0. The first kappa shape index (κ1) is 10.7. The van der Waals surface area contributed by atoms with E-state index >= 15 is 0 Å². The van der Waals surface area contributed by atoms with Crippen LogP contribution in [-0.2, 0) is 11.3 Å². The molecule has 0 saturated carbocycles. The molecule has 5 heteroatoms. The van der Waals surface area contributed by atoms with Gasteiger partial charge in [-0.25, -0.2) is 0 Å². The quantitative estimate of drug-likeness (QED) is 0.869. The molecule has 72 valence electrons. The van der Waals surface area contributed by atoms with Crippen LogP contribution in [0.5, 0.6) is 0 Å². The van der Waals surface area contributed by atoms with E-state index in [1.54, 1.807) is 11.3 Å². The number of carbonyl (C=O) groups is 1. The summed E-state index contributed by atoms with van der Waals surface area (Å²) in [5.41, 5.74) is 0. The maximum atomic E-state index is 11.0. The molecule has 0 fully saturated rings. The number of hydrogen-bond donors (Lipinski definition) is 2. The molecule has 0 aliphatic carbocycles. The number of halogens is 1. The van der Waals surface area contributed by atoms with E-state index in [0.717, 1.165) is 9.35 Å². The molecule has 1 amide bonds. The summed E-state index contributed by atoms with van der Waals surface area (Å²) in [6, 6.07) is 1.94. The van der Waals surface area contributed by atoms with E-state index in [9.17, 15) is 4.79 Å². The molecule has 0 aliphatic rings. The van der Waals surface area contributed by atoms with Crippen molar-refractivity contribution in [3.8, 4) is 0 Å². The molecule has 1 aromatic heterocycles. The standard InChI is InChI=1S/C8H10BrNO2S/c1-5(11)8(12)10-3-7-2-6(9)4-13-7/h2,4-5,11H,3H2,1H3,(H,10,12). The Kier molecular flexibility index (Phi) is 3.90. The summed E-state index contributed by atoms with van der Waals surface area (Å²) in [6.07, 6.45) is -0.941. The summed E-state index contributed by atoms with van der Waals surface area (Å²) in [4.78, 5) is 12.0. The summed E-state index contributed by atoms with van der Waals surface area (Å²) in [7, 11) is 0. The number of nitrogens with one attached hydrogen (secondary N) is 1. The molecule has 1 rings (SSSR count). The Hall–Kier alpha value is -0.390. The molecule has 1 unspecified atom stereocenters. The lowest BCUT2D eigenvalue weighted by Crippen LogP contribution is -2.31. The molecule has 1 heterocycles. The first-order valence-electron chi connectivity index (χ1n) is 3.78. The molecule has 1 aromatic rings. The molecule has 13 heavy (non-hydrogen) atoms. The minimum atomic E-state index is -0.941. The normalized spacial score (nSPS) is 12.5. The van der Waals surface area contributed by atoms with Gasteiger partial charge in [-0.15, -0.1) is 11.3 Å². The number of hydrogen-bond acceptors (Lipinski definition) is 3. The van der Waals surface area contributed by atoms with Crippen molar-refractivity contribution in [1.82, 2.24) is 5.32 Å². The number of rotatable bonds is 3. The Bertz CT molecular complexity index is 298. The molecule has 0 bridgehead atoms. The highest BCUT2D eigenvalue weighted by Gasteiger charge is 2.07. The molecule has 1 atom stereocenters. The van der Waals surface area contributed by atoms with Gasteiger partial charge in [-0.1, -0.05) is 0 Å². The molecule has 2 N–H and O–H groups in total. The first-order chi connectivity index (χ1) is 6.09. The fraction of sp³-hybridized carbons (Fsp3) is 0.375. The first-order valence-corrected chi connectivity index (χ1v) is 5.45. The lowest BCUT2D eigenvalue weighted by Gasteiger charge is -2.04. The second-order valence-electron chi connectivity index (χ2n) is 2.63. The Morgan fingerprint density at radius 1 is 1.85 bits per heavy atom. The monoisotopic (exact) mass is 263 g/mol. The van der Waals surface area contributed by atoms with Crippen molar-refractivity contribution < 1.29 is 9.90 Å². The summed E-state index contributed by atoms with van der Waals surface area (Å²) < 4.78 is 1.01. The van der Waals surface area contributed by atoms with Crippen LogP contribution in [0.3, 0.4) is 0 Å². The summed E-state index contributed by atoms with van der Waals surface area (Å²) >= 11 is 4.88. The van der Waals surface area contributed by atoms with Crippen molar-refractivity contribution in [3.63, 3.8) is 0 Å². The van der Waals surface area contributed by atoms with Crippen LogP contribution in [0.25, 0.3) is 0 Å². The van der Waals surface area contributed by atoms with Gasteiger partial charge in [0.1, 0.15) is 6.10 Å². The van der Waals surface area contributed by atoms with Crippen molar-refractivity contribution in [2.75, 3.05) is 0 Å². The molecule has 0 radical (unpaired) electrons. The average Bonchev–Trinajstić information content (AvgIpc) is 2.47. The van der Waals surface area contributed by atoms with Crippen LogP contribution in [-0.4, -0.2) is 17.1 Å². The maximum Gasteiger partial charge on any atom is 0.248 e. The van der Waals surface area contributed by atoms with Crippen molar-refractivity contribution in [2.45, 2.75) is 19.6 Å². The lowest BCUT2D eigenvalue weighted by atomic mass is 10.3. The van der Waals surface area contributed by atoms with Gasteiger partial charge >= 0.3 is 0 Å². The fourth-order valence-electron chi connectivity index (χ4n) is 0.768. The SMILES string of the molecule is CC(O)C(=O)NCc1cc(Br)cs1. The van der Waals surface area contributed by atoms with Crippen LogP contribution in [0, 0.1) is 0 Å². The molecule has 0 saturated heterocycles. The lowest BCUT2D eigenvalue weighted by molar-refractivity contribution is -0.128. The minimum Gasteiger partial charge on any atom is -0.384 e. The molecular formula is C8H10BrNO2S. The summed E-state index contributed by atoms with van der Waals surface area (Å²) in [5, 5.41) is 13.4. The summed E-state index contributed by atoms with van der Waals surface area (Å²) in [6.45, 7) is 1.92. The zero-order chi connectivity index (χ0) is 9.84. The van der Waals surface area contributed by atoms with E-state index in [1.807, 2.05) is 11.4 Å². The highest BCUT2D eigenvalue weighted by molar-refractivity contribution is 9.10. The number of aliphatic hydroxyl groups is 1. The Morgan fingerprint density at radius 2 is 2.54 bits per heavy atom. The topological polar surface area (TPSA) is 49.3 Å². The van der Waals surface area contributed by atoms with E-state index in [2.05, 4.69) is 21.2 Å². The second-order valence-corrected chi connectivity index (χ2v) is 4.54. The highest BCUT2D eigenvalue weighted by Crippen LogP contribution is 2.19. The van der Waals surface area contributed by atoms with E-state index in [-0.39, 0.29) is 5.91 Å². The molecule has 0 spiro atoms. The molecule has 3 nitrogen and oxygen atoms in total. The van der Waals surface area contributed by atoms with Gasteiger partial charge in [0, 0.05) is 14.7 Å². The Labute approximate surface area is 88.9 Å². The van der Waals surface area contributed by atoms with Crippen molar-refractivity contribution >= 4 is 33.2 Å². The van der Waals surface area contributed by atoms with Gasteiger partial charge < -0.3 is 10.4 Å². The number of thiophene rings is 1. The third kappa shape index (κ3) is 3.46. The largest absolute Gasteiger partial charge is 0.384 e. The summed E-state index contributed by atoms with van der Waals surface area (Å²) in [5.74, 6) is -0.343. The van der Waals surface area contributed by atoms with Gasteiger partial charge in [0.05, 0.1) is 6.54 Å². The van der Waals surface area contributed by atoms with Gasteiger partial charge in [-0.05, 0) is 28.9 Å². The average molecular weight is 264 g/mol. The molecular weight excluding hydrogens is 254 g/mol. The van der Waals surface area contributed by atoms with Gasteiger partial charge in [0.15, 0.2) is 0 Å². The minimum absolute atomic E-state index is 0.343. The van der Waals surface area contributed by atoms with Gasteiger partial charge in [-0.2, -0.15) is 0 Å². The Morgan fingerprint density at radius 3 is 3.00 bits per heavy atom. The fourth-order valence-corrected chi connectivity index (χ4v) is 2.16. The Balaban J connectivity index is 2.39. The van der Waals surface area contributed by atoms with Gasteiger partial charge in [-0.3, -0.25) is 4.79 Å². The predicted molar refractivity (Wildman–Crippen MR) is 55.5 cm³/mol.